The molecule has 0 amide bonds. The van der Waals surface area contributed by atoms with Crippen LogP contribution in [0.1, 0.15) is 22.3 Å². The van der Waals surface area contributed by atoms with Crippen LogP contribution >= 0.6 is 0 Å². The fraction of sp³-hybridized carbons (Fsp3) is 0.235. The highest BCUT2D eigenvalue weighted by molar-refractivity contribution is 5.84. The lowest BCUT2D eigenvalue weighted by Gasteiger charge is -2.07. The van der Waals surface area contributed by atoms with Crippen molar-refractivity contribution in [3.63, 3.8) is 0 Å². The molecule has 2 heteroatoms. The van der Waals surface area contributed by atoms with Gasteiger partial charge in [0.2, 0.25) is 0 Å². The molecule has 0 saturated heterocycles. The average molecular weight is 254 g/mol. The first-order valence-electron chi connectivity index (χ1n) is 6.41. The number of hydrogen-bond donors (Lipinski definition) is 1. The number of rotatable bonds is 4. The van der Waals surface area contributed by atoms with Gasteiger partial charge in [0.15, 0.2) is 0 Å². The topological polar surface area (TPSA) is 37.3 Å². The number of carbonyl (C=O) groups excluding carboxylic acids is 1. The van der Waals surface area contributed by atoms with Gasteiger partial charge < -0.3 is 5.11 Å². The van der Waals surface area contributed by atoms with Crippen molar-refractivity contribution in [3.05, 3.63) is 64.7 Å². The maximum Gasteiger partial charge on any atom is 0.141 e. The van der Waals surface area contributed by atoms with Gasteiger partial charge in [-0.05, 0) is 31.0 Å². The molecule has 0 aromatic heterocycles. The Kier molecular flexibility index (Phi) is 4.00. The zero-order valence-electron chi connectivity index (χ0n) is 11.3. The number of Topliss-reactive ketones (excluding diaryl/α,β-unsaturated/α-hetero) is 1. The van der Waals surface area contributed by atoms with Gasteiger partial charge in [0.1, 0.15) is 11.5 Å². The molecule has 2 rings (SSSR count). The number of phenols is 1. The second-order valence-corrected chi connectivity index (χ2v) is 4.95. The Bertz CT molecular complexity index is 600. The van der Waals surface area contributed by atoms with E-state index in [0.29, 0.717) is 12.0 Å². The van der Waals surface area contributed by atoms with Gasteiger partial charge in [0, 0.05) is 18.4 Å². The summed E-state index contributed by atoms with van der Waals surface area (Å²) in [7, 11) is 0. The van der Waals surface area contributed by atoms with Crippen molar-refractivity contribution in [2.24, 2.45) is 0 Å². The Morgan fingerprint density at radius 1 is 1.00 bits per heavy atom. The van der Waals surface area contributed by atoms with E-state index in [1.165, 1.54) is 0 Å². The van der Waals surface area contributed by atoms with E-state index in [1.807, 2.05) is 32.0 Å². The summed E-state index contributed by atoms with van der Waals surface area (Å²) in [6.45, 7) is 4.04. The Morgan fingerprint density at radius 2 is 1.68 bits per heavy atom. The van der Waals surface area contributed by atoms with E-state index >= 15 is 0 Å². The minimum atomic E-state index is 0.121. The molecule has 0 aliphatic rings. The fourth-order valence-electron chi connectivity index (χ4n) is 2.14. The molecular weight excluding hydrogens is 236 g/mol. The van der Waals surface area contributed by atoms with Crippen LogP contribution in [0.25, 0.3) is 0 Å². The molecule has 0 radical (unpaired) electrons. The smallest absolute Gasteiger partial charge is 0.141 e. The summed E-state index contributed by atoms with van der Waals surface area (Å²) in [6, 6.07) is 13.1. The van der Waals surface area contributed by atoms with Gasteiger partial charge in [-0.3, -0.25) is 4.79 Å². The van der Waals surface area contributed by atoms with E-state index in [-0.39, 0.29) is 18.0 Å². The second kappa shape index (κ2) is 5.70. The highest BCUT2D eigenvalue weighted by atomic mass is 16.3. The van der Waals surface area contributed by atoms with Crippen LogP contribution < -0.4 is 0 Å². The lowest BCUT2D eigenvalue weighted by molar-refractivity contribution is -0.117. The molecule has 2 nitrogen and oxygen atoms in total. The molecule has 0 fully saturated rings. The molecule has 0 aliphatic heterocycles. The van der Waals surface area contributed by atoms with Gasteiger partial charge in [-0.15, -0.1) is 0 Å². The average Bonchev–Trinajstić information content (AvgIpc) is 2.37. The molecule has 1 N–H and O–H groups in total. The predicted molar refractivity (Wildman–Crippen MR) is 76.4 cm³/mol. The first-order chi connectivity index (χ1) is 9.06. The monoisotopic (exact) mass is 254 g/mol. The summed E-state index contributed by atoms with van der Waals surface area (Å²) in [4.78, 5) is 12.1. The molecule has 2 aromatic rings. The number of phenolic OH excluding ortho intramolecular Hbond substituents is 1. The highest BCUT2D eigenvalue weighted by Crippen LogP contribution is 2.18. The SMILES string of the molecule is Cc1ccc(C)c(CC(=O)Cc2ccccc2O)c1. The molecule has 0 unspecified atom stereocenters. The van der Waals surface area contributed by atoms with Gasteiger partial charge in [-0.1, -0.05) is 42.0 Å². The van der Waals surface area contributed by atoms with Crippen LogP contribution in [0.4, 0.5) is 0 Å². The number of hydrogen-bond acceptors (Lipinski definition) is 2. The van der Waals surface area contributed by atoms with Crippen LogP contribution in [0, 0.1) is 13.8 Å². The number of carbonyl (C=O) groups is 1. The van der Waals surface area contributed by atoms with E-state index in [2.05, 4.69) is 6.07 Å². The molecule has 2 aromatic carbocycles. The van der Waals surface area contributed by atoms with Crippen LogP contribution in [0.3, 0.4) is 0 Å². The summed E-state index contributed by atoms with van der Waals surface area (Å²) in [5.74, 6) is 0.312. The zero-order valence-corrected chi connectivity index (χ0v) is 11.3. The number of aryl methyl sites for hydroxylation is 2. The van der Waals surface area contributed by atoms with Crippen LogP contribution in [0.15, 0.2) is 42.5 Å². The summed E-state index contributed by atoms with van der Waals surface area (Å²) >= 11 is 0. The molecule has 19 heavy (non-hydrogen) atoms. The van der Waals surface area contributed by atoms with E-state index in [1.54, 1.807) is 18.2 Å². The van der Waals surface area contributed by atoms with Gasteiger partial charge in [-0.2, -0.15) is 0 Å². The number of ketones is 1. The molecule has 0 heterocycles. The number of benzene rings is 2. The molecule has 0 bridgehead atoms. The second-order valence-electron chi connectivity index (χ2n) is 4.95. The normalized spacial score (nSPS) is 10.4. The maximum atomic E-state index is 12.1. The first kappa shape index (κ1) is 13.3. The highest BCUT2D eigenvalue weighted by Gasteiger charge is 2.09. The summed E-state index contributed by atoms with van der Waals surface area (Å²) < 4.78 is 0. The molecule has 98 valence electrons. The standard InChI is InChI=1S/C17H18O2/c1-12-7-8-13(2)15(9-12)11-16(18)10-14-5-3-4-6-17(14)19/h3-9,19H,10-11H2,1-2H3. The van der Waals surface area contributed by atoms with Crippen LogP contribution in [0.2, 0.25) is 0 Å². The van der Waals surface area contributed by atoms with E-state index in [0.717, 1.165) is 16.7 Å². The van der Waals surface area contributed by atoms with Crippen LogP contribution in [-0.2, 0) is 17.6 Å². The third kappa shape index (κ3) is 3.44. The van der Waals surface area contributed by atoms with Crippen molar-refractivity contribution in [1.29, 1.82) is 0 Å². The van der Waals surface area contributed by atoms with Crippen molar-refractivity contribution < 1.29 is 9.90 Å². The minimum Gasteiger partial charge on any atom is -0.508 e. The lowest BCUT2D eigenvalue weighted by atomic mass is 9.98. The van der Waals surface area contributed by atoms with Gasteiger partial charge in [0.25, 0.3) is 0 Å². The van der Waals surface area contributed by atoms with Gasteiger partial charge in [-0.25, -0.2) is 0 Å². The van der Waals surface area contributed by atoms with Crippen molar-refractivity contribution in [3.8, 4) is 5.75 Å². The van der Waals surface area contributed by atoms with E-state index in [9.17, 15) is 9.90 Å². The van der Waals surface area contributed by atoms with Crippen molar-refractivity contribution >= 4 is 5.78 Å². The Balaban J connectivity index is 2.10. The van der Waals surface area contributed by atoms with Crippen molar-refractivity contribution in [2.75, 3.05) is 0 Å². The number of para-hydroxylation sites is 1. The third-order valence-corrected chi connectivity index (χ3v) is 3.27. The molecule has 0 aliphatic carbocycles. The third-order valence-electron chi connectivity index (χ3n) is 3.27. The van der Waals surface area contributed by atoms with Gasteiger partial charge >= 0.3 is 0 Å². The summed E-state index contributed by atoms with van der Waals surface area (Å²) in [5, 5.41) is 9.67. The lowest BCUT2D eigenvalue weighted by Crippen LogP contribution is -2.08. The quantitative estimate of drug-likeness (QED) is 0.908. The Labute approximate surface area is 113 Å². The largest absolute Gasteiger partial charge is 0.508 e. The van der Waals surface area contributed by atoms with Crippen molar-refractivity contribution in [2.45, 2.75) is 26.7 Å². The molecular formula is C17H18O2. The summed E-state index contributed by atoms with van der Waals surface area (Å²) in [5.41, 5.74) is 4.06. The molecule has 0 spiro atoms. The van der Waals surface area contributed by atoms with Crippen molar-refractivity contribution in [1.82, 2.24) is 0 Å². The molecule has 0 saturated carbocycles. The zero-order chi connectivity index (χ0) is 13.8. The Hall–Kier alpha value is -2.09. The predicted octanol–water partition coefficient (Wildman–Crippen LogP) is 3.36. The first-order valence-corrected chi connectivity index (χ1v) is 6.41. The van der Waals surface area contributed by atoms with E-state index < -0.39 is 0 Å². The molecule has 0 atom stereocenters. The summed E-state index contributed by atoms with van der Waals surface area (Å²) in [6.07, 6.45) is 0.696. The maximum absolute atomic E-state index is 12.1. The van der Waals surface area contributed by atoms with Gasteiger partial charge in [0.05, 0.1) is 0 Å². The minimum absolute atomic E-state index is 0.121. The van der Waals surface area contributed by atoms with Crippen LogP contribution in [0.5, 0.6) is 5.75 Å². The van der Waals surface area contributed by atoms with E-state index in [4.69, 9.17) is 0 Å². The Morgan fingerprint density at radius 3 is 2.42 bits per heavy atom. The van der Waals surface area contributed by atoms with Crippen LogP contribution in [-0.4, -0.2) is 10.9 Å². The number of aromatic hydroxyl groups is 1. The fourth-order valence-corrected chi connectivity index (χ4v) is 2.14.